The molecule has 0 fully saturated rings. The number of benzene rings is 1. The van der Waals surface area contributed by atoms with Crippen LogP contribution in [0, 0.1) is 6.92 Å². The van der Waals surface area contributed by atoms with Crippen LogP contribution in [0.1, 0.15) is 51.1 Å². The van der Waals surface area contributed by atoms with Crippen molar-refractivity contribution in [1.29, 1.82) is 0 Å². The van der Waals surface area contributed by atoms with Crippen LogP contribution in [0.3, 0.4) is 0 Å². The first kappa shape index (κ1) is 15.1. The molecule has 2 rings (SSSR count). The number of nitrogens with one attached hydrogen (secondary N) is 1. The Morgan fingerprint density at radius 1 is 1.33 bits per heavy atom. The van der Waals surface area contributed by atoms with E-state index in [0.29, 0.717) is 21.8 Å². The summed E-state index contributed by atoms with van der Waals surface area (Å²) in [5.41, 5.74) is 1.67. The molecule has 1 amide bonds. The third-order valence-corrected chi connectivity index (χ3v) is 3.75. The lowest BCUT2D eigenvalue weighted by Crippen LogP contribution is -2.16. The van der Waals surface area contributed by atoms with Gasteiger partial charge in [0, 0.05) is 0 Å². The maximum atomic E-state index is 12.4. The Bertz CT molecular complexity index is 695. The van der Waals surface area contributed by atoms with Crippen molar-refractivity contribution in [2.45, 2.75) is 26.7 Å². The molecule has 0 aliphatic carbocycles. The van der Waals surface area contributed by atoms with Crippen molar-refractivity contribution in [2.75, 3.05) is 5.32 Å². The predicted octanol–water partition coefficient (Wildman–Crippen LogP) is 2.92. The summed E-state index contributed by atoms with van der Waals surface area (Å²) in [4.78, 5) is 24.0. The Kier molecular flexibility index (Phi) is 4.32. The molecule has 0 aliphatic heterocycles. The summed E-state index contributed by atoms with van der Waals surface area (Å²) in [6, 6.07) is 4.85. The number of aromatic carboxylic acids is 1. The largest absolute Gasteiger partial charge is 0.478 e. The number of carboxylic acid groups (broad SMARTS) is 1. The first-order valence-electron chi connectivity index (χ1n) is 6.38. The lowest BCUT2D eigenvalue weighted by atomic mass is 10.1. The molecule has 0 bridgehead atoms. The number of hydrogen-bond donors (Lipinski definition) is 2. The number of aromatic nitrogens is 2. The van der Waals surface area contributed by atoms with Gasteiger partial charge in [0.15, 0.2) is 0 Å². The summed E-state index contributed by atoms with van der Waals surface area (Å²) in [5, 5.41) is 15.8. The highest BCUT2D eigenvalue weighted by atomic mass is 32.1. The predicted molar refractivity (Wildman–Crippen MR) is 80.1 cm³/mol. The lowest BCUT2D eigenvalue weighted by molar-refractivity contribution is 0.0698. The third kappa shape index (κ3) is 3.08. The van der Waals surface area contributed by atoms with Crippen molar-refractivity contribution in [3.8, 4) is 0 Å². The molecular weight excluding hydrogens is 290 g/mol. The van der Waals surface area contributed by atoms with Gasteiger partial charge in [0.25, 0.3) is 5.91 Å². The second-order valence-electron chi connectivity index (χ2n) is 4.90. The van der Waals surface area contributed by atoms with Gasteiger partial charge in [-0.2, -0.15) is 0 Å². The Morgan fingerprint density at radius 2 is 2.05 bits per heavy atom. The van der Waals surface area contributed by atoms with Gasteiger partial charge >= 0.3 is 5.97 Å². The van der Waals surface area contributed by atoms with E-state index in [2.05, 4.69) is 14.9 Å². The molecule has 0 saturated carbocycles. The molecule has 2 aromatic rings. The Hall–Kier alpha value is -2.28. The van der Waals surface area contributed by atoms with Crippen molar-refractivity contribution in [1.82, 2.24) is 9.59 Å². The zero-order valence-corrected chi connectivity index (χ0v) is 12.7. The van der Waals surface area contributed by atoms with E-state index in [1.807, 2.05) is 13.8 Å². The zero-order chi connectivity index (χ0) is 15.6. The lowest BCUT2D eigenvalue weighted by Gasteiger charge is -2.11. The van der Waals surface area contributed by atoms with Crippen LogP contribution in [0.4, 0.5) is 5.69 Å². The van der Waals surface area contributed by atoms with Gasteiger partial charge in [0.05, 0.1) is 16.9 Å². The molecule has 0 spiro atoms. The van der Waals surface area contributed by atoms with E-state index >= 15 is 0 Å². The summed E-state index contributed by atoms with van der Waals surface area (Å²) >= 11 is 1.00. The van der Waals surface area contributed by atoms with Gasteiger partial charge in [-0.05, 0) is 36.0 Å². The van der Waals surface area contributed by atoms with Crippen LogP contribution in [-0.4, -0.2) is 26.6 Å². The Labute approximate surface area is 126 Å². The molecule has 0 saturated heterocycles. The number of carbonyl (C=O) groups is 2. The second-order valence-corrected chi connectivity index (χ2v) is 5.65. The Morgan fingerprint density at radius 3 is 2.67 bits per heavy atom. The van der Waals surface area contributed by atoms with Crippen molar-refractivity contribution in [2.24, 2.45) is 0 Å². The SMILES string of the molecule is Cc1cccc(C(=O)O)c1NC(=O)c1snnc1C(C)C. The number of carboxylic acids is 1. The monoisotopic (exact) mass is 305 g/mol. The maximum Gasteiger partial charge on any atom is 0.337 e. The van der Waals surface area contributed by atoms with E-state index in [0.717, 1.165) is 11.5 Å². The molecular formula is C14H15N3O3S. The number of nitrogens with zero attached hydrogens (tertiary/aromatic N) is 2. The van der Waals surface area contributed by atoms with E-state index in [9.17, 15) is 14.7 Å². The molecule has 7 heteroatoms. The van der Waals surface area contributed by atoms with Crippen LogP contribution < -0.4 is 5.32 Å². The zero-order valence-electron chi connectivity index (χ0n) is 11.9. The van der Waals surface area contributed by atoms with Gasteiger partial charge in [-0.3, -0.25) is 4.79 Å². The quantitative estimate of drug-likeness (QED) is 0.906. The average molecular weight is 305 g/mol. The fourth-order valence-corrected chi connectivity index (χ4v) is 2.63. The highest BCUT2D eigenvalue weighted by Crippen LogP contribution is 2.24. The van der Waals surface area contributed by atoms with Crippen LogP contribution in [0.25, 0.3) is 0 Å². The smallest absolute Gasteiger partial charge is 0.337 e. The van der Waals surface area contributed by atoms with Gasteiger partial charge < -0.3 is 10.4 Å². The molecule has 21 heavy (non-hydrogen) atoms. The number of rotatable bonds is 4. The van der Waals surface area contributed by atoms with Gasteiger partial charge in [0.1, 0.15) is 4.88 Å². The van der Waals surface area contributed by atoms with Crippen LogP contribution in [0.5, 0.6) is 0 Å². The molecule has 1 heterocycles. The van der Waals surface area contributed by atoms with Gasteiger partial charge in [-0.15, -0.1) is 5.10 Å². The fraction of sp³-hybridized carbons (Fsp3) is 0.286. The number of carbonyl (C=O) groups excluding carboxylic acids is 1. The van der Waals surface area contributed by atoms with Gasteiger partial charge in [0.2, 0.25) is 0 Å². The summed E-state index contributed by atoms with van der Waals surface area (Å²) in [6.45, 7) is 5.59. The summed E-state index contributed by atoms with van der Waals surface area (Å²) < 4.78 is 3.80. The average Bonchev–Trinajstić information content (AvgIpc) is 2.90. The minimum Gasteiger partial charge on any atom is -0.478 e. The van der Waals surface area contributed by atoms with E-state index in [1.165, 1.54) is 6.07 Å². The number of para-hydroxylation sites is 1. The molecule has 0 aliphatic rings. The minimum absolute atomic E-state index is 0.0620. The molecule has 2 N–H and O–H groups in total. The molecule has 1 aromatic heterocycles. The van der Waals surface area contributed by atoms with Crippen LogP contribution in [0.2, 0.25) is 0 Å². The standard InChI is InChI=1S/C14H15N3O3S/c1-7(2)10-12(21-17-16-10)13(18)15-11-8(3)5-4-6-9(11)14(19)20/h4-7H,1-3H3,(H,15,18)(H,19,20). The van der Waals surface area contributed by atoms with Gasteiger partial charge in [-0.25, -0.2) is 4.79 Å². The fourth-order valence-electron chi connectivity index (χ4n) is 1.92. The number of hydrogen-bond acceptors (Lipinski definition) is 5. The first-order chi connectivity index (χ1) is 9.91. The molecule has 6 nitrogen and oxygen atoms in total. The van der Waals surface area contributed by atoms with E-state index in [-0.39, 0.29) is 17.4 Å². The van der Waals surface area contributed by atoms with Crippen molar-refractivity contribution in [3.63, 3.8) is 0 Å². The summed E-state index contributed by atoms with van der Waals surface area (Å²) in [5.74, 6) is -1.40. The molecule has 0 unspecified atom stereocenters. The first-order valence-corrected chi connectivity index (χ1v) is 7.15. The maximum absolute atomic E-state index is 12.4. The van der Waals surface area contributed by atoms with Crippen LogP contribution >= 0.6 is 11.5 Å². The topological polar surface area (TPSA) is 92.2 Å². The highest BCUT2D eigenvalue weighted by molar-refractivity contribution is 7.08. The second kappa shape index (κ2) is 6.01. The van der Waals surface area contributed by atoms with Crippen molar-refractivity contribution in [3.05, 3.63) is 39.9 Å². The normalized spacial score (nSPS) is 10.7. The molecule has 110 valence electrons. The number of aryl methyl sites for hydroxylation is 1. The molecule has 1 aromatic carbocycles. The number of anilines is 1. The van der Waals surface area contributed by atoms with Crippen LogP contribution in [0.15, 0.2) is 18.2 Å². The van der Waals surface area contributed by atoms with Crippen LogP contribution in [-0.2, 0) is 0 Å². The van der Waals surface area contributed by atoms with E-state index < -0.39 is 5.97 Å². The van der Waals surface area contributed by atoms with Crippen molar-refractivity contribution >= 4 is 29.1 Å². The Balaban J connectivity index is 2.36. The number of amides is 1. The van der Waals surface area contributed by atoms with E-state index in [1.54, 1.807) is 19.1 Å². The summed E-state index contributed by atoms with van der Waals surface area (Å²) in [7, 11) is 0. The van der Waals surface area contributed by atoms with E-state index in [4.69, 9.17) is 0 Å². The molecule has 0 atom stereocenters. The molecule has 0 radical (unpaired) electrons. The summed E-state index contributed by atoms with van der Waals surface area (Å²) in [6.07, 6.45) is 0. The van der Waals surface area contributed by atoms with Crippen molar-refractivity contribution < 1.29 is 14.7 Å². The van der Waals surface area contributed by atoms with Gasteiger partial charge in [-0.1, -0.05) is 30.5 Å². The highest BCUT2D eigenvalue weighted by Gasteiger charge is 2.21. The minimum atomic E-state index is -1.08. The third-order valence-electron chi connectivity index (χ3n) is 3.01.